The summed E-state index contributed by atoms with van der Waals surface area (Å²) in [5, 5.41) is 10.6. The molecule has 6 rings (SSSR count). The maximum atomic E-state index is 16.2. The fourth-order valence-electron chi connectivity index (χ4n) is 5.08. The van der Waals surface area contributed by atoms with Crippen LogP contribution in [0.1, 0.15) is 24.8 Å². The average Bonchev–Trinajstić information content (AvgIpc) is 3.46. The van der Waals surface area contributed by atoms with Gasteiger partial charge in [-0.15, -0.1) is 11.3 Å². The molecule has 0 radical (unpaired) electrons. The quantitative estimate of drug-likeness (QED) is 0.296. The highest BCUT2D eigenvalue weighted by Crippen LogP contribution is 2.45. The predicted octanol–water partition coefficient (Wildman–Crippen LogP) is 5.95. The molecule has 0 unspecified atom stereocenters. The van der Waals surface area contributed by atoms with Gasteiger partial charge in [-0.2, -0.15) is 15.2 Å². The molecule has 210 valence electrons. The zero-order valence-corrected chi connectivity index (χ0v) is 24.7. The Morgan fingerprint density at radius 1 is 1.12 bits per heavy atom. The zero-order valence-electron chi connectivity index (χ0n) is 22.3. The van der Waals surface area contributed by atoms with Gasteiger partial charge in [0.05, 0.1) is 24.0 Å². The largest absolute Gasteiger partial charge is 0.467 e. The Morgan fingerprint density at radius 2 is 1.90 bits per heavy atom. The lowest BCUT2D eigenvalue weighted by Crippen LogP contribution is -2.27. The second kappa shape index (κ2) is 12.2. The molecule has 2 N–H and O–H groups in total. The molecular weight excluding hydrogens is 602 g/mol. The summed E-state index contributed by atoms with van der Waals surface area (Å²) in [6.07, 6.45) is 3.63. The van der Waals surface area contributed by atoms with E-state index in [9.17, 15) is 9.65 Å². The van der Waals surface area contributed by atoms with Gasteiger partial charge in [-0.25, -0.2) is 8.78 Å². The first-order valence-corrected chi connectivity index (χ1v) is 14.6. The van der Waals surface area contributed by atoms with Crippen LogP contribution in [0.25, 0.3) is 32.1 Å². The minimum atomic E-state index is -0.640. The van der Waals surface area contributed by atoms with Crippen LogP contribution in [0.4, 0.5) is 19.6 Å². The number of likely N-dealkylation sites (tertiary alicyclic amines) is 1. The predicted molar refractivity (Wildman–Crippen MR) is 158 cm³/mol. The number of hydrogen-bond donors (Lipinski definition) is 1. The number of hydrogen-bond acceptors (Lipinski definition) is 9. The van der Waals surface area contributed by atoms with Crippen LogP contribution in [0.2, 0.25) is 0 Å². The Hall–Kier alpha value is -3.11. The molecular formula is C28H29BrF2N6O2S. The van der Waals surface area contributed by atoms with Crippen LogP contribution in [0, 0.1) is 23.0 Å². The third-order valence-electron chi connectivity index (χ3n) is 7.08. The third kappa shape index (κ3) is 5.43. The number of aromatic nitrogens is 2. The first-order valence-electron chi connectivity index (χ1n) is 13.0. The van der Waals surface area contributed by atoms with Crippen molar-refractivity contribution in [2.45, 2.75) is 19.3 Å². The van der Waals surface area contributed by atoms with E-state index in [2.05, 4.69) is 37.8 Å². The number of nitrogens with zero attached hydrogens (tertiary/aromatic N) is 5. The molecule has 2 aliphatic heterocycles. The van der Waals surface area contributed by atoms with Crippen molar-refractivity contribution in [2.24, 2.45) is 0 Å². The third-order valence-corrected chi connectivity index (χ3v) is 8.73. The van der Waals surface area contributed by atoms with E-state index in [0.717, 1.165) is 17.8 Å². The number of thiophene rings is 1. The summed E-state index contributed by atoms with van der Waals surface area (Å²) in [4.78, 5) is 13.2. The molecule has 0 atom stereocenters. The Kier molecular flexibility index (Phi) is 8.65. The molecule has 4 heterocycles. The van der Waals surface area contributed by atoms with Gasteiger partial charge in [0.2, 0.25) is 0 Å². The van der Waals surface area contributed by atoms with Gasteiger partial charge >= 0.3 is 6.01 Å². The van der Waals surface area contributed by atoms with Crippen LogP contribution in [-0.4, -0.2) is 68.4 Å². The smallest absolute Gasteiger partial charge is 0.318 e. The van der Waals surface area contributed by atoms with E-state index in [1.54, 1.807) is 6.07 Å². The van der Waals surface area contributed by atoms with E-state index in [1.165, 1.54) is 45.2 Å². The van der Waals surface area contributed by atoms with Crippen LogP contribution in [-0.2, 0) is 4.74 Å². The van der Waals surface area contributed by atoms with E-state index in [-0.39, 0.29) is 37.7 Å². The second-order valence-electron chi connectivity index (χ2n) is 9.69. The number of ether oxygens (including phenoxy) is 2. The lowest BCUT2D eigenvalue weighted by molar-refractivity contribution is 0.152. The first kappa shape index (κ1) is 28.4. The van der Waals surface area contributed by atoms with Gasteiger partial charge in [0.25, 0.3) is 0 Å². The van der Waals surface area contributed by atoms with Gasteiger partial charge < -0.3 is 25.0 Å². The van der Waals surface area contributed by atoms with Crippen LogP contribution >= 0.6 is 27.3 Å². The Morgan fingerprint density at radius 3 is 2.58 bits per heavy atom. The van der Waals surface area contributed by atoms with E-state index in [0.29, 0.717) is 47.5 Å². The molecule has 4 aromatic rings. The zero-order chi connectivity index (χ0) is 28.4. The van der Waals surface area contributed by atoms with Gasteiger partial charge in [-0.05, 0) is 57.1 Å². The molecule has 40 heavy (non-hydrogen) atoms. The summed E-state index contributed by atoms with van der Waals surface area (Å²) < 4.78 is 42.2. The van der Waals surface area contributed by atoms with E-state index in [1.807, 2.05) is 11.0 Å². The maximum absolute atomic E-state index is 16.2. The molecule has 0 saturated carbocycles. The average molecular weight is 632 g/mol. The Balaban J connectivity index is 0.000000477. The number of rotatable bonds is 3. The van der Waals surface area contributed by atoms with Crippen molar-refractivity contribution in [1.82, 2.24) is 14.9 Å². The van der Waals surface area contributed by atoms with Crippen LogP contribution in [0.3, 0.4) is 0 Å². The molecule has 2 saturated heterocycles. The lowest BCUT2D eigenvalue weighted by atomic mass is 9.97. The monoisotopic (exact) mass is 630 g/mol. The van der Waals surface area contributed by atoms with Gasteiger partial charge in [-0.1, -0.05) is 22.0 Å². The van der Waals surface area contributed by atoms with Gasteiger partial charge in [0.1, 0.15) is 28.2 Å². The molecule has 2 fully saturated rings. The summed E-state index contributed by atoms with van der Waals surface area (Å²) in [7, 11) is 3.60. The van der Waals surface area contributed by atoms with E-state index < -0.39 is 11.6 Å². The van der Waals surface area contributed by atoms with Gasteiger partial charge in [0.15, 0.2) is 5.82 Å². The lowest BCUT2D eigenvalue weighted by Gasteiger charge is -2.23. The summed E-state index contributed by atoms with van der Waals surface area (Å²) in [5.41, 5.74) is 6.64. The van der Waals surface area contributed by atoms with Gasteiger partial charge in [-0.3, -0.25) is 0 Å². The molecule has 12 heteroatoms. The van der Waals surface area contributed by atoms with Crippen LogP contribution in [0.15, 0.2) is 22.7 Å². The summed E-state index contributed by atoms with van der Waals surface area (Å²) >= 11 is 4.46. The number of halogens is 3. The fraction of sp³-hybridized carbons (Fsp3) is 0.393. The minimum Gasteiger partial charge on any atom is -0.467 e. The minimum absolute atomic E-state index is 0.0292. The van der Waals surface area contributed by atoms with Crippen molar-refractivity contribution in [3.8, 4) is 23.2 Å². The van der Waals surface area contributed by atoms with Crippen LogP contribution in [0.5, 0.6) is 6.01 Å². The van der Waals surface area contributed by atoms with Crippen molar-refractivity contribution in [3.05, 3.63) is 39.9 Å². The van der Waals surface area contributed by atoms with Crippen molar-refractivity contribution < 1.29 is 18.3 Å². The van der Waals surface area contributed by atoms with E-state index in [4.69, 9.17) is 15.2 Å². The van der Waals surface area contributed by atoms with Crippen LogP contribution < -0.4 is 15.4 Å². The number of nitrogens with two attached hydrogens (primary N) is 1. The molecule has 0 amide bonds. The molecule has 0 spiro atoms. The summed E-state index contributed by atoms with van der Waals surface area (Å²) in [6, 6.07) is 6.49. The highest BCUT2D eigenvalue weighted by molar-refractivity contribution is 9.10. The highest BCUT2D eigenvalue weighted by Gasteiger charge is 2.26. The molecule has 0 aliphatic carbocycles. The molecule has 2 aromatic carbocycles. The molecule has 2 aromatic heterocycles. The number of anilines is 2. The van der Waals surface area contributed by atoms with Crippen molar-refractivity contribution >= 4 is 59.1 Å². The number of nitrogen functional groups attached to an aromatic ring is 1. The first-order chi connectivity index (χ1) is 19.3. The number of benzene rings is 2. The van der Waals surface area contributed by atoms with E-state index >= 15 is 4.39 Å². The van der Waals surface area contributed by atoms with Crippen molar-refractivity contribution in [3.63, 3.8) is 0 Å². The number of nitriles is 1. The fourth-order valence-corrected chi connectivity index (χ4v) is 6.65. The topological polar surface area (TPSA) is 101 Å². The van der Waals surface area contributed by atoms with Crippen molar-refractivity contribution in [1.29, 1.82) is 5.26 Å². The standard InChI is InChI=1S/C23H18BrF2N5O2S.C5H11N/c1-32-23-29-19-12(22(30-23)31-5-2-7-33-8-6-31)9-14(24)17(18(19)26)11-3-4-15(25)20-16(11)13(10-27)21(28)34-20;1-6-4-2-3-5-6/h3-4,9H,2,5-8,28H2,1H3;2-5H2,1H3. The Labute approximate surface area is 243 Å². The summed E-state index contributed by atoms with van der Waals surface area (Å²) in [5.74, 6) is -0.622. The molecule has 0 bridgehead atoms. The normalized spacial score (nSPS) is 16.1. The second-order valence-corrected chi connectivity index (χ2v) is 11.6. The number of methoxy groups -OCH3 is 1. The molecule has 2 aliphatic rings. The summed E-state index contributed by atoms with van der Waals surface area (Å²) in [6.45, 7) is 5.09. The SMILES string of the molecule is CN1CCCC1.COc1nc(N2CCCOCC2)c2cc(Br)c(-c3ccc(F)c4sc(N)c(C#N)c34)c(F)c2n1. The maximum Gasteiger partial charge on any atom is 0.318 e. The number of fused-ring (bicyclic) bond motifs is 2. The highest BCUT2D eigenvalue weighted by atomic mass is 79.9. The Bertz CT molecular complexity index is 1590. The van der Waals surface area contributed by atoms with Crippen molar-refractivity contribution in [2.75, 3.05) is 64.2 Å². The molecule has 8 nitrogen and oxygen atoms in total. The van der Waals surface area contributed by atoms with Gasteiger partial charge in [0, 0.05) is 40.5 Å².